The van der Waals surface area contributed by atoms with Gasteiger partial charge in [-0.15, -0.1) is 9.19 Å². The summed E-state index contributed by atoms with van der Waals surface area (Å²) in [5.74, 6) is 0.785. The summed E-state index contributed by atoms with van der Waals surface area (Å²) in [7, 11) is -6.99. The second-order valence-corrected chi connectivity index (χ2v) is 13.7. The molecule has 16 heteroatoms. The number of pyridine rings is 1. The van der Waals surface area contributed by atoms with Gasteiger partial charge in [0.2, 0.25) is 16.0 Å². The molecule has 1 aliphatic carbocycles. The van der Waals surface area contributed by atoms with Crippen LogP contribution in [0.25, 0.3) is 11.0 Å². The molecule has 0 amide bonds. The first kappa shape index (κ1) is 26.6. The Labute approximate surface area is 219 Å². The summed E-state index contributed by atoms with van der Waals surface area (Å²) in [6.07, 6.45) is 7.12. The van der Waals surface area contributed by atoms with Crippen molar-refractivity contribution in [3.8, 4) is 0 Å². The Morgan fingerprint density at radius 2 is 1.84 bits per heavy atom. The van der Waals surface area contributed by atoms with Crippen molar-refractivity contribution in [2.45, 2.75) is 57.2 Å². The van der Waals surface area contributed by atoms with Gasteiger partial charge in [0, 0.05) is 48.7 Å². The van der Waals surface area contributed by atoms with Gasteiger partial charge in [-0.3, -0.25) is 9.36 Å². The van der Waals surface area contributed by atoms with E-state index in [0.717, 1.165) is 16.9 Å². The maximum Gasteiger partial charge on any atom is 0.257 e. The summed E-state index contributed by atoms with van der Waals surface area (Å²) in [6.45, 7) is 0.346. The van der Waals surface area contributed by atoms with Crippen molar-refractivity contribution in [2.75, 3.05) is 30.4 Å². The molecule has 2 aliphatic rings. The van der Waals surface area contributed by atoms with Crippen LogP contribution in [0, 0.1) is 0 Å². The van der Waals surface area contributed by atoms with Crippen LogP contribution < -0.4 is 10.9 Å². The van der Waals surface area contributed by atoms with Crippen molar-refractivity contribution in [1.29, 1.82) is 0 Å². The molecule has 1 saturated carbocycles. The van der Waals surface area contributed by atoms with E-state index in [-0.39, 0.29) is 42.2 Å². The Balaban J connectivity index is 1.33. The number of fused-ring (bicyclic) bond motifs is 1. The molecule has 0 unspecified atom stereocenters. The third-order valence-corrected chi connectivity index (χ3v) is 9.68. The maximum absolute atomic E-state index is 13.0. The maximum atomic E-state index is 13.0. The van der Waals surface area contributed by atoms with E-state index >= 15 is 0 Å². The SMILES string of the molecule is CS(=O)(=O)N1CCC(Nc2ncc3cc(CO)c(=O)n(CCCS(=O)(=O)n4cnc(C5CC5)n4)c3n2)CC1. The number of aryl methyl sites for hydroxylation is 1. The predicted octanol–water partition coefficient (Wildman–Crippen LogP) is -0.143. The van der Waals surface area contributed by atoms with Crippen molar-refractivity contribution >= 4 is 37.0 Å². The lowest BCUT2D eigenvalue weighted by atomic mass is 10.1. The van der Waals surface area contributed by atoms with Gasteiger partial charge in [-0.2, -0.15) is 4.98 Å². The largest absolute Gasteiger partial charge is 0.391 e. The average Bonchev–Trinajstić information content (AvgIpc) is 3.60. The molecule has 3 aromatic heterocycles. The Kier molecular flexibility index (Phi) is 7.23. The quantitative estimate of drug-likeness (QED) is 0.333. The third kappa shape index (κ3) is 5.72. The van der Waals surface area contributed by atoms with E-state index in [1.54, 1.807) is 0 Å². The van der Waals surface area contributed by atoms with Crippen LogP contribution in [-0.2, 0) is 33.2 Å². The van der Waals surface area contributed by atoms with Crippen LogP contribution in [0.4, 0.5) is 5.95 Å². The molecule has 14 nitrogen and oxygen atoms in total. The van der Waals surface area contributed by atoms with E-state index in [1.807, 2.05) is 0 Å². The fourth-order valence-electron chi connectivity index (χ4n) is 4.55. The normalized spacial score (nSPS) is 17.7. The minimum Gasteiger partial charge on any atom is -0.391 e. The van der Waals surface area contributed by atoms with E-state index in [4.69, 9.17) is 0 Å². The number of anilines is 1. The zero-order chi connectivity index (χ0) is 27.1. The second kappa shape index (κ2) is 10.3. The molecular formula is C22H30N8O6S2. The monoisotopic (exact) mass is 566 g/mol. The van der Waals surface area contributed by atoms with Crippen LogP contribution in [0.15, 0.2) is 23.4 Å². The highest BCUT2D eigenvalue weighted by molar-refractivity contribution is 7.89. The first-order valence-electron chi connectivity index (χ1n) is 12.4. The molecule has 38 heavy (non-hydrogen) atoms. The summed E-state index contributed by atoms with van der Waals surface area (Å²) in [4.78, 5) is 26.0. The predicted molar refractivity (Wildman–Crippen MR) is 139 cm³/mol. The number of rotatable bonds is 10. The van der Waals surface area contributed by atoms with Crippen LogP contribution in [-0.4, -0.2) is 86.1 Å². The number of aliphatic hydroxyl groups is 1. The molecule has 3 aromatic rings. The Hall–Kier alpha value is -2.95. The van der Waals surface area contributed by atoms with Crippen molar-refractivity contribution in [2.24, 2.45) is 0 Å². The molecule has 2 N–H and O–H groups in total. The van der Waals surface area contributed by atoms with Gasteiger partial charge in [-0.25, -0.2) is 31.1 Å². The van der Waals surface area contributed by atoms with E-state index in [1.165, 1.54) is 33.7 Å². The molecule has 1 saturated heterocycles. The Morgan fingerprint density at radius 3 is 2.50 bits per heavy atom. The highest BCUT2D eigenvalue weighted by Gasteiger charge is 2.29. The van der Waals surface area contributed by atoms with Gasteiger partial charge in [0.1, 0.15) is 12.0 Å². The molecule has 4 heterocycles. The highest BCUT2D eigenvalue weighted by Crippen LogP contribution is 2.37. The minimum absolute atomic E-state index is 0.0457. The van der Waals surface area contributed by atoms with Gasteiger partial charge in [-0.05, 0) is 38.2 Å². The molecule has 2 fully saturated rings. The molecule has 0 atom stereocenters. The summed E-state index contributed by atoms with van der Waals surface area (Å²) >= 11 is 0. The molecule has 1 aliphatic heterocycles. The number of hydrogen-bond donors (Lipinski definition) is 2. The minimum atomic E-state index is -3.75. The number of hydrogen-bond acceptors (Lipinski definition) is 11. The summed E-state index contributed by atoms with van der Waals surface area (Å²) in [5, 5.41) is 17.5. The molecule has 0 radical (unpaired) electrons. The number of nitrogens with one attached hydrogen (secondary N) is 1. The van der Waals surface area contributed by atoms with Crippen LogP contribution >= 0.6 is 0 Å². The number of aromatic nitrogens is 6. The van der Waals surface area contributed by atoms with Gasteiger partial charge in [0.05, 0.1) is 18.6 Å². The number of sulfonamides is 1. The van der Waals surface area contributed by atoms with Crippen LogP contribution in [0.1, 0.15) is 49.4 Å². The lowest BCUT2D eigenvalue weighted by molar-refractivity contribution is 0.279. The van der Waals surface area contributed by atoms with E-state index in [0.29, 0.717) is 42.8 Å². The third-order valence-electron chi connectivity index (χ3n) is 6.83. The molecule has 0 spiro atoms. The van der Waals surface area contributed by atoms with Crippen LogP contribution in [0.2, 0.25) is 0 Å². The molecule has 5 rings (SSSR count). The average molecular weight is 567 g/mol. The van der Waals surface area contributed by atoms with Gasteiger partial charge < -0.3 is 10.4 Å². The summed E-state index contributed by atoms with van der Waals surface area (Å²) in [6, 6.07) is 1.48. The van der Waals surface area contributed by atoms with Crippen molar-refractivity contribution in [1.82, 2.24) is 33.0 Å². The van der Waals surface area contributed by atoms with Gasteiger partial charge in [-0.1, -0.05) is 0 Å². The van der Waals surface area contributed by atoms with Gasteiger partial charge in [0.25, 0.3) is 15.6 Å². The second-order valence-electron chi connectivity index (χ2n) is 9.76. The summed E-state index contributed by atoms with van der Waals surface area (Å²) in [5.41, 5.74) is 0.0101. The van der Waals surface area contributed by atoms with Gasteiger partial charge >= 0.3 is 0 Å². The lowest BCUT2D eigenvalue weighted by Crippen LogP contribution is -2.42. The van der Waals surface area contributed by atoms with E-state index in [2.05, 4.69) is 25.4 Å². The highest BCUT2D eigenvalue weighted by atomic mass is 32.2. The van der Waals surface area contributed by atoms with Crippen molar-refractivity contribution in [3.63, 3.8) is 0 Å². The molecular weight excluding hydrogens is 536 g/mol. The first-order chi connectivity index (χ1) is 18.0. The number of piperidine rings is 1. The Bertz CT molecular complexity index is 1610. The zero-order valence-electron chi connectivity index (χ0n) is 20.9. The fourth-order valence-corrected chi connectivity index (χ4v) is 6.50. The molecule has 0 bridgehead atoms. The lowest BCUT2D eigenvalue weighted by Gasteiger charge is -2.30. The van der Waals surface area contributed by atoms with E-state index < -0.39 is 32.2 Å². The first-order valence-corrected chi connectivity index (χ1v) is 15.9. The number of nitrogens with zero attached hydrogens (tertiary/aromatic N) is 7. The van der Waals surface area contributed by atoms with Crippen LogP contribution in [0.5, 0.6) is 0 Å². The van der Waals surface area contributed by atoms with Crippen LogP contribution in [0.3, 0.4) is 0 Å². The standard InChI is InChI=1S/C22H30N8O6S2/c1-37(33,34)28-8-5-18(6-9-28)25-22-23-12-16-11-17(13-31)21(32)29(20(16)26-22)7-2-10-38(35,36)30-14-24-19(27-30)15-3-4-15/h11-12,14-15,18,31H,2-10,13H2,1H3,(H,23,25,26). The summed E-state index contributed by atoms with van der Waals surface area (Å²) < 4.78 is 52.7. The fraction of sp³-hybridized carbons (Fsp3) is 0.591. The van der Waals surface area contributed by atoms with Crippen molar-refractivity contribution in [3.05, 3.63) is 40.3 Å². The number of aliphatic hydroxyl groups excluding tert-OH is 1. The van der Waals surface area contributed by atoms with Gasteiger partial charge in [0.15, 0.2) is 5.82 Å². The molecule has 206 valence electrons. The molecule has 0 aromatic carbocycles. The van der Waals surface area contributed by atoms with Crippen molar-refractivity contribution < 1.29 is 21.9 Å². The topological polar surface area (TPSA) is 182 Å². The zero-order valence-corrected chi connectivity index (χ0v) is 22.5. The van der Waals surface area contributed by atoms with E-state index in [9.17, 15) is 26.7 Å². The smallest absolute Gasteiger partial charge is 0.257 e. The Morgan fingerprint density at radius 1 is 1.11 bits per heavy atom.